The van der Waals surface area contributed by atoms with Gasteiger partial charge in [-0.3, -0.25) is 4.79 Å². The number of aliphatic hydroxyl groups excluding tert-OH is 1. The van der Waals surface area contributed by atoms with Crippen LogP contribution in [0, 0.1) is 16.7 Å². The summed E-state index contributed by atoms with van der Waals surface area (Å²) in [6, 6.07) is -1.24. The lowest BCUT2D eigenvalue weighted by Gasteiger charge is -2.17. The number of nitrogens with one attached hydrogen (secondary N) is 1. The minimum absolute atomic E-state index is 0.140. The van der Waals surface area contributed by atoms with Crippen molar-refractivity contribution in [3.05, 3.63) is 0 Å². The molecule has 1 rings (SSSR count). The van der Waals surface area contributed by atoms with Gasteiger partial charge in [-0.05, 0) is 17.8 Å². The molecule has 0 aromatic carbocycles. The second kappa shape index (κ2) is 3.98. The predicted octanol–water partition coefficient (Wildman–Crippen LogP) is 0.619. The molecule has 98 valence electrons. The van der Waals surface area contributed by atoms with E-state index < -0.39 is 18.1 Å². The van der Waals surface area contributed by atoms with Gasteiger partial charge in [-0.15, -0.1) is 0 Å². The molecular weight excluding hydrogens is 222 g/mol. The highest BCUT2D eigenvalue weighted by atomic mass is 16.4. The van der Waals surface area contributed by atoms with E-state index in [9.17, 15) is 14.7 Å². The highest BCUT2D eigenvalue weighted by Gasteiger charge is 2.68. The molecule has 3 N–H and O–H groups in total. The Balaban J connectivity index is 2.72. The standard InChI is InChI=1S/C12H21NO4/c1-6(14)7(10(16)17)13-9(15)8-11(2,3)12(8,4)5/h6-8,14H,1-5H3,(H,13,15)(H,16,17). The summed E-state index contributed by atoms with van der Waals surface area (Å²) in [7, 11) is 0. The number of rotatable bonds is 4. The molecule has 5 nitrogen and oxygen atoms in total. The Hall–Kier alpha value is -1.10. The molecule has 0 bridgehead atoms. The number of amides is 1. The van der Waals surface area contributed by atoms with Crippen LogP contribution in [0.5, 0.6) is 0 Å². The molecule has 1 saturated carbocycles. The van der Waals surface area contributed by atoms with E-state index in [-0.39, 0.29) is 22.7 Å². The number of carbonyl (C=O) groups is 2. The van der Waals surface area contributed by atoms with Crippen molar-refractivity contribution in [2.75, 3.05) is 0 Å². The second-order valence-corrected chi connectivity index (χ2v) is 5.94. The summed E-state index contributed by atoms with van der Waals surface area (Å²) in [6.45, 7) is 9.28. The van der Waals surface area contributed by atoms with Crippen LogP contribution in [0.25, 0.3) is 0 Å². The Morgan fingerprint density at radius 3 is 1.82 bits per heavy atom. The van der Waals surface area contributed by atoms with Crippen LogP contribution in [-0.2, 0) is 9.59 Å². The summed E-state index contributed by atoms with van der Waals surface area (Å²) in [5.74, 6) is -1.73. The zero-order valence-electron chi connectivity index (χ0n) is 10.9. The number of hydrogen-bond donors (Lipinski definition) is 3. The van der Waals surface area contributed by atoms with Crippen LogP contribution in [0.4, 0.5) is 0 Å². The summed E-state index contributed by atoms with van der Waals surface area (Å²) in [4.78, 5) is 22.8. The summed E-state index contributed by atoms with van der Waals surface area (Å²) < 4.78 is 0. The van der Waals surface area contributed by atoms with Gasteiger partial charge in [0.15, 0.2) is 6.04 Å². The average Bonchev–Trinajstić information content (AvgIpc) is 2.52. The third kappa shape index (κ3) is 2.16. The topological polar surface area (TPSA) is 86.6 Å². The molecule has 0 spiro atoms. The van der Waals surface area contributed by atoms with Crippen molar-refractivity contribution in [3.8, 4) is 0 Å². The Morgan fingerprint density at radius 2 is 1.59 bits per heavy atom. The third-order valence-electron chi connectivity index (χ3n) is 4.33. The first kappa shape index (κ1) is 14.0. The van der Waals surface area contributed by atoms with Gasteiger partial charge in [0.05, 0.1) is 6.10 Å². The highest BCUT2D eigenvalue weighted by molar-refractivity contribution is 5.88. The van der Waals surface area contributed by atoms with E-state index in [1.54, 1.807) is 0 Å². The van der Waals surface area contributed by atoms with E-state index in [1.807, 2.05) is 27.7 Å². The first-order valence-electron chi connectivity index (χ1n) is 5.74. The number of carboxylic acids is 1. The van der Waals surface area contributed by atoms with Gasteiger partial charge in [-0.2, -0.15) is 0 Å². The number of carbonyl (C=O) groups excluding carboxylic acids is 1. The molecule has 1 aliphatic carbocycles. The molecule has 0 aromatic heterocycles. The van der Waals surface area contributed by atoms with Crippen LogP contribution in [0.1, 0.15) is 34.6 Å². The molecule has 1 amide bonds. The first-order valence-corrected chi connectivity index (χ1v) is 5.74. The van der Waals surface area contributed by atoms with Crippen molar-refractivity contribution in [2.45, 2.75) is 46.8 Å². The van der Waals surface area contributed by atoms with Crippen molar-refractivity contribution in [3.63, 3.8) is 0 Å². The number of hydrogen-bond acceptors (Lipinski definition) is 3. The molecule has 5 heteroatoms. The van der Waals surface area contributed by atoms with E-state index >= 15 is 0 Å². The molecule has 0 saturated heterocycles. The normalized spacial score (nSPS) is 24.8. The quantitative estimate of drug-likeness (QED) is 0.675. The van der Waals surface area contributed by atoms with Crippen molar-refractivity contribution < 1.29 is 19.8 Å². The lowest BCUT2D eigenvalue weighted by atomic mass is 10.0. The monoisotopic (exact) mass is 243 g/mol. The molecule has 0 aliphatic heterocycles. The molecule has 2 unspecified atom stereocenters. The van der Waals surface area contributed by atoms with Crippen LogP contribution in [0.15, 0.2) is 0 Å². The number of aliphatic carboxylic acids is 1. The Labute approximate surface area is 101 Å². The maximum atomic E-state index is 12.0. The third-order valence-corrected chi connectivity index (χ3v) is 4.33. The lowest BCUT2D eigenvalue weighted by molar-refractivity contribution is -0.145. The van der Waals surface area contributed by atoms with Crippen molar-refractivity contribution in [1.29, 1.82) is 0 Å². The minimum Gasteiger partial charge on any atom is -0.480 e. The van der Waals surface area contributed by atoms with Gasteiger partial charge in [0, 0.05) is 5.92 Å². The van der Waals surface area contributed by atoms with Gasteiger partial charge < -0.3 is 15.5 Å². The number of aliphatic hydroxyl groups is 1. The Morgan fingerprint density at radius 1 is 1.18 bits per heavy atom. The van der Waals surface area contributed by atoms with Crippen LogP contribution < -0.4 is 5.32 Å². The zero-order chi connectivity index (χ0) is 13.6. The van der Waals surface area contributed by atoms with Gasteiger partial charge in [0.2, 0.25) is 5.91 Å². The molecule has 2 atom stereocenters. The molecule has 17 heavy (non-hydrogen) atoms. The maximum Gasteiger partial charge on any atom is 0.328 e. The largest absolute Gasteiger partial charge is 0.480 e. The number of carboxylic acid groups (broad SMARTS) is 1. The van der Waals surface area contributed by atoms with Gasteiger partial charge in [-0.1, -0.05) is 27.7 Å². The fraction of sp³-hybridized carbons (Fsp3) is 0.833. The van der Waals surface area contributed by atoms with Crippen LogP contribution in [0.3, 0.4) is 0 Å². The SMILES string of the molecule is CC(O)C(NC(=O)C1C(C)(C)C1(C)C)C(=O)O. The highest BCUT2D eigenvalue weighted by Crippen LogP contribution is 2.68. The van der Waals surface area contributed by atoms with E-state index in [2.05, 4.69) is 5.32 Å². The van der Waals surface area contributed by atoms with E-state index in [1.165, 1.54) is 6.92 Å². The molecule has 1 fully saturated rings. The summed E-state index contributed by atoms with van der Waals surface area (Å²) in [5, 5.41) is 20.6. The maximum absolute atomic E-state index is 12.0. The Bertz CT molecular complexity index is 332. The summed E-state index contributed by atoms with van der Waals surface area (Å²) in [5.41, 5.74) is -0.280. The molecule has 0 radical (unpaired) electrons. The van der Waals surface area contributed by atoms with Crippen LogP contribution in [-0.4, -0.2) is 34.2 Å². The zero-order valence-corrected chi connectivity index (χ0v) is 10.9. The van der Waals surface area contributed by atoms with Crippen LogP contribution in [0.2, 0.25) is 0 Å². The molecular formula is C12H21NO4. The Kier molecular flexibility index (Phi) is 3.27. The van der Waals surface area contributed by atoms with E-state index in [0.29, 0.717) is 0 Å². The molecule has 0 heterocycles. The first-order chi connectivity index (χ1) is 7.53. The summed E-state index contributed by atoms with van der Waals surface area (Å²) in [6.07, 6.45) is -1.11. The van der Waals surface area contributed by atoms with Crippen molar-refractivity contribution in [2.24, 2.45) is 16.7 Å². The van der Waals surface area contributed by atoms with Gasteiger partial charge in [0.1, 0.15) is 0 Å². The van der Waals surface area contributed by atoms with Gasteiger partial charge in [-0.25, -0.2) is 4.79 Å². The van der Waals surface area contributed by atoms with Crippen molar-refractivity contribution >= 4 is 11.9 Å². The summed E-state index contributed by atoms with van der Waals surface area (Å²) >= 11 is 0. The molecule has 1 aliphatic rings. The lowest BCUT2D eigenvalue weighted by Crippen LogP contribution is -2.48. The van der Waals surface area contributed by atoms with Gasteiger partial charge in [0.25, 0.3) is 0 Å². The predicted molar refractivity (Wildman–Crippen MR) is 62.3 cm³/mol. The van der Waals surface area contributed by atoms with E-state index in [4.69, 9.17) is 5.11 Å². The fourth-order valence-corrected chi connectivity index (χ4v) is 2.48. The smallest absolute Gasteiger partial charge is 0.328 e. The molecule has 0 aromatic rings. The second-order valence-electron chi connectivity index (χ2n) is 5.94. The van der Waals surface area contributed by atoms with E-state index in [0.717, 1.165) is 0 Å². The van der Waals surface area contributed by atoms with Crippen molar-refractivity contribution in [1.82, 2.24) is 5.32 Å². The van der Waals surface area contributed by atoms with Crippen LogP contribution >= 0.6 is 0 Å². The fourth-order valence-electron chi connectivity index (χ4n) is 2.48. The average molecular weight is 243 g/mol. The van der Waals surface area contributed by atoms with Gasteiger partial charge >= 0.3 is 5.97 Å². The minimum atomic E-state index is -1.24.